The van der Waals surface area contributed by atoms with Crippen molar-refractivity contribution in [2.24, 2.45) is 0 Å². The Balaban J connectivity index is 1.04. The molecule has 2 aromatic rings. The minimum absolute atomic E-state index is 0.0369. The molecule has 0 bridgehead atoms. The monoisotopic (exact) mass is 482 g/mol. The minimum atomic E-state index is -0.0369. The summed E-state index contributed by atoms with van der Waals surface area (Å²) in [4.78, 5) is 35.2. The second-order valence-electron chi connectivity index (χ2n) is 9.40. The summed E-state index contributed by atoms with van der Waals surface area (Å²) in [6.07, 6.45) is 4.81. The van der Waals surface area contributed by atoms with E-state index in [0.29, 0.717) is 12.6 Å². The number of nitrogens with zero attached hydrogens (tertiary/aromatic N) is 4. The van der Waals surface area contributed by atoms with Crippen molar-refractivity contribution < 1.29 is 9.53 Å². The number of rotatable bonds is 5. The number of carbonyl (C=O) groups is 1. The summed E-state index contributed by atoms with van der Waals surface area (Å²) in [5.74, 6) is 2.69. The molecule has 1 atom stereocenters. The summed E-state index contributed by atoms with van der Waals surface area (Å²) in [5.41, 5.74) is 1.90. The molecule has 180 valence electrons. The third-order valence-electron chi connectivity index (χ3n) is 7.25. The van der Waals surface area contributed by atoms with Crippen molar-refractivity contribution in [1.29, 1.82) is 0 Å². The lowest BCUT2D eigenvalue weighted by atomic mass is 10.0. The molecule has 2 N–H and O–H groups in total. The van der Waals surface area contributed by atoms with Crippen molar-refractivity contribution in [2.45, 2.75) is 49.3 Å². The Labute approximate surface area is 202 Å². The number of nitrogens with one attached hydrogen (secondary N) is 2. The van der Waals surface area contributed by atoms with Gasteiger partial charge in [0.25, 0.3) is 5.56 Å². The second kappa shape index (κ2) is 9.24. The standard InChI is InChI=1S/C24H30N6O3S/c31-22-2-1-19-24-29(22)8-5-18(30(24)23(32)14-27-19)15-28-6-3-16(4-7-28)25-12-17-11-21-20(13-26-17)33-9-10-34-21/h1-2,11,13,16,18,25,27H,3-10,12,14-15H2/t18-/m0/s1. The predicted octanol–water partition coefficient (Wildman–Crippen LogP) is 1.51. The largest absolute Gasteiger partial charge is 0.490 e. The van der Waals surface area contributed by atoms with Crippen LogP contribution in [-0.2, 0) is 17.9 Å². The van der Waals surface area contributed by atoms with Gasteiger partial charge in [0.15, 0.2) is 5.75 Å². The third-order valence-corrected chi connectivity index (χ3v) is 8.25. The van der Waals surface area contributed by atoms with Gasteiger partial charge in [-0.15, -0.1) is 11.8 Å². The molecule has 1 saturated heterocycles. The molecular formula is C24H30N6O3S. The fourth-order valence-corrected chi connectivity index (χ4v) is 6.33. The van der Waals surface area contributed by atoms with Crippen molar-refractivity contribution in [2.75, 3.05) is 48.8 Å². The maximum atomic E-state index is 12.8. The van der Waals surface area contributed by atoms with Gasteiger partial charge in [0, 0.05) is 37.5 Å². The SMILES string of the molecule is O=C1CNc2ccc(=O)n3c2N1[C@H](CN1CCC(NCc2cc4c(cn2)OCCS4)CC1)CC3. The van der Waals surface area contributed by atoms with Crippen molar-refractivity contribution in [3.05, 3.63) is 40.4 Å². The van der Waals surface area contributed by atoms with Crippen LogP contribution in [0.15, 0.2) is 34.1 Å². The average molecular weight is 483 g/mol. The molecule has 34 heavy (non-hydrogen) atoms. The van der Waals surface area contributed by atoms with Crippen LogP contribution >= 0.6 is 11.8 Å². The summed E-state index contributed by atoms with van der Waals surface area (Å²) >= 11 is 1.83. The number of hydrogen-bond donors (Lipinski definition) is 2. The van der Waals surface area contributed by atoms with Gasteiger partial charge in [0.2, 0.25) is 5.91 Å². The van der Waals surface area contributed by atoms with E-state index >= 15 is 0 Å². The number of likely N-dealkylation sites (tertiary alicyclic amines) is 1. The number of thioether (sulfide) groups is 1. The van der Waals surface area contributed by atoms with E-state index in [1.54, 1.807) is 16.7 Å². The Morgan fingerprint density at radius 3 is 2.94 bits per heavy atom. The normalized spacial score (nSPS) is 22.5. The molecule has 0 radical (unpaired) electrons. The van der Waals surface area contributed by atoms with Crippen LogP contribution in [0, 0.1) is 0 Å². The van der Waals surface area contributed by atoms with Gasteiger partial charge in [0.05, 0.1) is 41.7 Å². The molecule has 0 spiro atoms. The fourth-order valence-electron chi connectivity index (χ4n) is 5.47. The van der Waals surface area contributed by atoms with Crippen LogP contribution in [-0.4, -0.2) is 71.0 Å². The fraction of sp³-hybridized carbons (Fsp3) is 0.542. The number of fused-ring (bicyclic) bond motifs is 1. The molecule has 4 aliphatic heterocycles. The zero-order valence-electron chi connectivity index (χ0n) is 19.2. The number of aromatic nitrogens is 2. The van der Waals surface area contributed by atoms with Crippen molar-refractivity contribution in [1.82, 2.24) is 19.8 Å². The van der Waals surface area contributed by atoms with Gasteiger partial charge >= 0.3 is 0 Å². The summed E-state index contributed by atoms with van der Waals surface area (Å²) in [7, 11) is 0. The summed E-state index contributed by atoms with van der Waals surface area (Å²) in [5, 5.41) is 6.85. The first-order chi connectivity index (χ1) is 16.7. The molecule has 6 heterocycles. The highest BCUT2D eigenvalue weighted by atomic mass is 32.2. The average Bonchev–Trinajstić information content (AvgIpc) is 2.87. The Bertz CT molecular complexity index is 1150. The second-order valence-corrected chi connectivity index (χ2v) is 10.5. The van der Waals surface area contributed by atoms with Crippen LogP contribution in [0.2, 0.25) is 0 Å². The number of anilines is 2. The molecular weight excluding hydrogens is 452 g/mol. The molecule has 1 fully saturated rings. The molecule has 0 unspecified atom stereocenters. The van der Waals surface area contributed by atoms with Gasteiger partial charge in [-0.3, -0.25) is 24.0 Å². The first-order valence-corrected chi connectivity index (χ1v) is 13.1. The van der Waals surface area contributed by atoms with Crippen LogP contribution in [0.25, 0.3) is 0 Å². The van der Waals surface area contributed by atoms with Crippen LogP contribution in [0.4, 0.5) is 11.5 Å². The first kappa shape index (κ1) is 21.9. The van der Waals surface area contributed by atoms with E-state index < -0.39 is 0 Å². The summed E-state index contributed by atoms with van der Waals surface area (Å²) in [6.45, 7) is 5.33. The number of piperidine rings is 1. The molecule has 0 saturated carbocycles. The van der Waals surface area contributed by atoms with Gasteiger partial charge < -0.3 is 20.3 Å². The van der Waals surface area contributed by atoms with Gasteiger partial charge in [-0.25, -0.2) is 0 Å². The van der Waals surface area contributed by atoms with E-state index in [-0.39, 0.29) is 24.1 Å². The zero-order chi connectivity index (χ0) is 23.1. The maximum Gasteiger partial charge on any atom is 0.252 e. The molecule has 9 nitrogen and oxygen atoms in total. The van der Waals surface area contributed by atoms with Crippen molar-refractivity contribution >= 4 is 29.2 Å². The minimum Gasteiger partial charge on any atom is -0.490 e. The van der Waals surface area contributed by atoms with Crippen molar-refractivity contribution in [3.8, 4) is 5.75 Å². The summed E-state index contributed by atoms with van der Waals surface area (Å²) in [6, 6.07) is 6.11. The number of ether oxygens (including phenoxy) is 1. The molecule has 0 aliphatic carbocycles. The lowest BCUT2D eigenvalue weighted by molar-refractivity contribution is -0.118. The predicted molar refractivity (Wildman–Crippen MR) is 132 cm³/mol. The third kappa shape index (κ3) is 4.18. The Kier molecular flexibility index (Phi) is 5.96. The topological polar surface area (TPSA) is 91.7 Å². The van der Waals surface area contributed by atoms with Gasteiger partial charge in [-0.1, -0.05) is 0 Å². The van der Waals surface area contributed by atoms with E-state index in [1.807, 2.05) is 22.9 Å². The number of pyridine rings is 2. The van der Waals surface area contributed by atoms with Crippen LogP contribution in [0.5, 0.6) is 5.75 Å². The lowest BCUT2D eigenvalue weighted by Gasteiger charge is -2.44. The Morgan fingerprint density at radius 2 is 2.06 bits per heavy atom. The highest BCUT2D eigenvalue weighted by molar-refractivity contribution is 7.99. The molecule has 4 aliphatic rings. The molecule has 2 aromatic heterocycles. The first-order valence-electron chi connectivity index (χ1n) is 12.2. The maximum absolute atomic E-state index is 12.8. The van der Waals surface area contributed by atoms with Crippen molar-refractivity contribution in [3.63, 3.8) is 0 Å². The lowest BCUT2D eigenvalue weighted by Crippen LogP contribution is -2.57. The van der Waals surface area contributed by atoms with Crippen LogP contribution in [0.3, 0.4) is 0 Å². The highest BCUT2D eigenvalue weighted by Gasteiger charge is 2.37. The number of carbonyl (C=O) groups excluding carboxylic acids is 1. The van der Waals surface area contributed by atoms with Gasteiger partial charge in [-0.2, -0.15) is 0 Å². The Hall–Kier alpha value is -2.56. The number of amides is 1. The van der Waals surface area contributed by atoms with Crippen LogP contribution in [0.1, 0.15) is 25.0 Å². The number of hydrogen-bond acceptors (Lipinski definition) is 8. The Morgan fingerprint density at radius 1 is 1.18 bits per heavy atom. The van der Waals surface area contributed by atoms with Gasteiger partial charge in [0.1, 0.15) is 5.82 Å². The highest BCUT2D eigenvalue weighted by Crippen LogP contribution is 2.35. The quantitative estimate of drug-likeness (QED) is 0.663. The van der Waals surface area contributed by atoms with E-state index in [4.69, 9.17) is 4.74 Å². The van der Waals surface area contributed by atoms with Gasteiger partial charge in [-0.05, 0) is 44.5 Å². The zero-order valence-corrected chi connectivity index (χ0v) is 20.0. The van der Waals surface area contributed by atoms with E-state index in [0.717, 1.165) is 80.7 Å². The van der Waals surface area contributed by atoms with E-state index in [1.165, 1.54) is 4.90 Å². The molecule has 0 aromatic carbocycles. The van der Waals surface area contributed by atoms with E-state index in [9.17, 15) is 9.59 Å². The van der Waals surface area contributed by atoms with E-state index in [2.05, 4.69) is 26.6 Å². The smallest absolute Gasteiger partial charge is 0.252 e. The molecule has 10 heteroatoms. The summed E-state index contributed by atoms with van der Waals surface area (Å²) < 4.78 is 7.39. The molecule has 6 rings (SSSR count). The molecule has 1 amide bonds. The van der Waals surface area contributed by atoms with Crippen LogP contribution < -0.4 is 25.8 Å².